The van der Waals surface area contributed by atoms with E-state index in [0.717, 1.165) is 18.2 Å². The molecule has 2 heterocycles. The van der Waals surface area contributed by atoms with Crippen LogP contribution in [0.2, 0.25) is 5.02 Å². The number of rotatable bonds is 3. The Morgan fingerprint density at radius 2 is 1.89 bits per heavy atom. The maximum Gasteiger partial charge on any atom is 0.256 e. The Kier molecular flexibility index (Phi) is 4.43. The number of amides is 1. The first-order chi connectivity index (χ1) is 13.2. The van der Waals surface area contributed by atoms with Crippen molar-refractivity contribution >= 4 is 33.2 Å². The summed E-state index contributed by atoms with van der Waals surface area (Å²) in [5.41, 5.74) is 1.07. The normalized spacial score (nSPS) is 14.7. The largest absolute Gasteiger partial charge is 0.306 e. The van der Waals surface area contributed by atoms with E-state index in [0.29, 0.717) is 22.0 Å². The Morgan fingerprint density at radius 1 is 1.11 bits per heavy atom. The average molecular weight is 424 g/mol. The molecule has 1 aromatic heterocycles. The summed E-state index contributed by atoms with van der Waals surface area (Å²) in [6, 6.07) is 9.37. The summed E-state index contributed by atoms with van der Waals surface area (Å²) in [5.74, 6) is -3.35. The molecule has 144 valence electrons. The summed E-state index contributed by atoms with van der Waals surface area (Å²) in [5, 5.41) is 7.31. The first-order valence-electron chi connectivity index (χ1n) is 8.07. The molecule has 0 unspecified atom stereocenters. The molecule has 10 heteroatoms. The fourth-order valence-electron chi connectivity index (χ4n) is 2.98. The molecule has 0 saturated carbocycles. The highest BCUT2D eigenvalue weighted by Crippen LogP contribution is 2.33. The zero-order valence-electron chi connectivity index (χ0n) is 14.1. The minimum absolute atomic E-state index is 0.118. The van der Waals surface area contributed by atoms with Gasteiger partial charge < -0.3 is 5.32 Å². The van der Waals surface area contributed by atoms with Crippen LogP contribution in [-0.2, 0) is 21.3 Å². The Labute approximate surface area is 163 Å². The highest BCUT2D eigenvalue weighted by atomic mass is 35.5. The van der Waals surface area contributed by atoms with Gasteiger partial charge in [0.1, 0.15) is 5.82 Å². The predicted octanol–water partition coefficient (Wildman–Crippen LogP) is 3.48. The number of aromatic nitrogens is 2. The molecule has 1 aliphatic rings. The average Bonchev–Trinajstić information content (AvgIpc) is 3.10. The number of halogens is 3. The monoisotopic (exact) mass is 423 g/mol. The first-order valence-corrected chi connectivity index (χ1v) is 10.3. The molecule has 4 rings (SSSR count). The molecule has 3 aromatic rings. The second kappa shape index (κ2) is 6.68. The van der Waals surface area contributed by atoms with Crippen LogP contribution in [0.5, 0.6) is 0 Å². The van der Waals surface area contributed by atoms with Crippen LogP contribution < -0.4 is 5.32 Å². The number of fused-ring (bicyclic) bond motifs is 1. The molecule has 0 atom stereocenters. The van der Waals surface area contributed by atoms with Gasteiger partial charge >= 0.3 is 0 Å². The molecule has 0 radical (unpaired) electrons. The third kappa shape index (κ3) is 3.38. The smallest absolute Gasteiger partial charge is 0.256 e. The molecular formula is C18H12ClF2N3O3S. The number of sulfone groups is 1. The lowest BCUT2D eigenvalue weighted by Crippen LogP contribution is -2.17. The zero-order valence-corrected chi connectivity index (χ0v) is 15.7. The molecule has 28 heavy (non-hydrogen) atoms. The van der Waals surface area contributed by atoms with E-state index in [9.17, 15) is 22.0 Å². The number of anilines is 1. The summed E-state index contributed by atoms with van der Waals surface area (Å²) < 4.78 is 51.9. The van der Waals surface area contributed by atoms with Crippen LogP contribution >= 0.6 is 11.6 Å². The second-order valence-electron chi connectivity index (χ2n) is 6.28. The number of benzene rings is 2. The SMILES string of the molecule is O=C(Nc1c2c(nn1-c1cccc(Cl)c1)CS(=O)(=O)C2)c1ccc(F)c(F)c1. The summed E-state index contributed by atoms with van der Waals surface area (Å²) in [4.78, 5) is 12.6. The van der Waals surface area contributed by atoms with Crippen LogP contribution in [0.4, 0.5) is 14.6 Å². The van der Waals surface area contributed by atoms with Gasteiger partial charge in [-0.2, -0.15) is 5.10 Å². The van der Waals surface area contributed by atoms with Gasteiger partial charge in [-0.05, 0) is 36.4 Å². The summed E-state index contributed by atoms with van der Waals surface area (Å²) in [6.07, 6.45) is 0. The van der Waals surface area contributed by atoms with E-state index in [1.54, 1.807) is 24.3 Å². The van der Waals surface area contributed by atoms with Crippen molar-refractivity contribution in [1.82, 2.24) is 9.78 Å². The molecule has 0 aliphatic carbocycles. The summed E-state index contributed by atoms with van der Waals surface area (Å²) >= 11 is 6.02. The molecule has 0 spiro atoms. The Hall–Kier alpha value is -2.78. The van der Waals surface area contributed by atoms with Crippen LogP contribution in [0.1, 0.15) is 21.6 Å². The van der Waals surface area contributed by atoms with Gasteiger partial charge in [0.2, 0.25) is 0 Å². The third-order valence-corrected chi connectivity index (χ3v) is 5.93. The topological polar surface area (TPSA) is 81.1 Å². The number of nitrogens with zero attached hydrogens (tertiary/aromatic N) is 2. The van der Waals surface area contributed by atoms with Gasteiger partial charge in [0.25, 0.3) is 5.91 Å². The Balaban J connectivity index is 1.78. The van der Waals surface area contributed by atoms with E-state index in [-0.39, 0.29) is 22.9 Å². The van der Waals surface area contributed by atoms with Crippen molar-refractivity contribution in [2.24, 2.45) is 0 Å². The fourth-order valence-corrected chi connectivity index (χ4v) is 4.66. The molecule has 0 saturated heterocycles. The van der Waals surface area contributed by atoms with Crippen molar-refractivity contribution < 1.29 is 22.0 Å². The van der Waals surface area contributed by atoms with Gasteiger partial charge in [0, 0.05) is 16.1 Å². The van der Waals surface area contributed by atoms with Crippen LogP contribution in [-0.4, -0.2) is 24.1 Å². The van der Waals surface area contributed by atoms with E-state index < -0.39 is 27.4 Å². The molecule has 1 aliphatic heterocycles. The number of nitrogens with one attached hydrogen (secondary N) is 1. The van der Waals surface area contributed by atoms with Gasteiger partial charge in [-0.15, -0.1) is 0 Å². The first kappa shape index (κ1) is 18.6. The summed E-state index contributed by atoms with van der Waals surface area (Å²) in [6.45, 7) is 0. The van der Waals surface area contributed by atoms with Gasteiger partial charge in [-0.25, -0.2) is 21.9 Å². The van der Waals surface area contributed by atoms with Crippen LogP contribution in [0.3, 0.4) is 0 Å². The van der Waals surface area contributed by atoms with Gasteiger partial charge in [-0.3, -0.25) is 4.79 Å². The minimum Gasteiger partial charge on any atom is -0.306 e. The van der Waals surface area contributed by atoms with Crippen LogP contribution in [0.15, 0.2) is 42.5 Å². The molecule has 6 nitrogen and oxygen atoms in total. The van der Waals surface area contributed by atoms with Crippen molar-refractivity contribution in [3.8, 4) is 5.69 Å². The summed E-state index contributed by atoms with van der Waals surface area (Å²) in [7, 11) is -3.37. The number of carbonyl (C=O) groups excluding carboxylic acids is 1. The van der Waals surface area contributed by atoms with E-state index in [4.69, 9.17) is 11.6 Å². The van der Waals surface area contributed by atoms with Gasteiger partial charge in [-0.1, -0.05) is 17.7 Å². The Morgan fingerprint density at radius 3 is 2.61 bits per heavy atom. The van der Waals surface area contributed by atoms with Crippen LogP contribution in [0, 0.1) is 11.6 Å². The lowest BCUT2D eigenvalue weighted by Gasteiger charge is -2.11. The van der Waals surface area contributed by atoms with Crippen molar-refractivity contribution in [2.45, 2.75) is 11.5 Å². The molecule has 0 bridgehead atoms. The van der Waals surface area contributed by atoms with E-state index in [1.807, 2.05) is 0 Å². The molecule has 1 amide bonds. The third-order valence-electron chi connectivity index (χ3n) is 4.25. The molecule has 0 fully saturated rings. The Bertz CT molecular complexity index is 1220. The van der Waals surface area contributed by atoms with Crippen molar-refractivity contribution in [3.63, 3.8) is 0 Å². The molecule has 1 N–H and O–H groups in total. The lowest BCUT2D eigenvalue weighted by atomic mass is 10.2. The van der Waals surface area contributed by atoms with Crippen molar-refractivity contribution in [1.29, 1.82) is 0 Å². The van der Waals surface area contributed by atoms with E-state index in [1.165, 1.54) is 4.68 Å². The number of hydrogen-bond donors (Lipinski definition) is 1. The van der Waals surface area contributed by atoms with E-state index in [2.05, 4.69) is 10.4 Å². The van der Waals surface area contributed by atoms with E-state index >= 15 is 0 Å². The maximum absolute atomic E-state index is 13.5. The minimum atomic E-state index is -3.37. The quantitative estimate of drug-likeness (QED) is 0.699. The molecule has 2 aromatic carbocycles. The number of carbonyl (C=O) groups is 1. The van der Waals surface area contributed by atoms with Crippen LogP contribution in [0.25, 0.3) is 5.69 Å². The zero-order chi connectivity index (χ0) is 20.1. The lowest BCUT2D eigenvalue weighted by molar-refractivity contribution is 0.102. The van der Waals surface area contributed by atoms with Crippen molar-refractivity contribution in [3.05, 3.63) is 75.9 Å². The van der Waals surface area contributed by atoms with Gasteiger partial charge in [0.15, 0.2) is 21.5 Å². The van der Waals surface area contributed by atoms with Gasteiger partial charge in [0.05, 0.1) is 22.9 Å². The maximum atomic E-state index is 13.5. The highest BCUT2D eigenvalue weighted by molar-refractivity contribution is 7.90. The second-order valence-corrected chi connectivity index (χ2v) is 8.78. The van der Waals surface area contributed by atoms with Crippen molar-refractivity contribution in [2.75, 3.05) is 5.32 Å². The molecular weight excluding hydrogens is 412 g/mol. The highest BCUT2D eigenvalue weighted by Gasteiger charge is 2.33. The number of hydrogen-bond acceptors (Lipinski definition) is 4. The fraction of sp³-hybridized carbons (Fsp3) is 0.111. The predicted molar refractivity (Wildman–Crippen MR) is 99.2 cm³/mol. The standard InChI is InChI=1S/C18H12ClF2N3O3S/c19-11-2-1-3-12(7-11)24-17(13-8-28(26,27)9-16(13)23-24)22-18(25)10-4-5-14(20)15(21)6-10/h1-7H,8-9H2,(H,22,25).